The summed E-state index contributed by atoms with van der Waals surface area (Å²) in [6.07, 6.45) is 1.77. The number of nitrogens with two attached hydrogens (primary N) is 1. The Morgan fingerprint density at radius 2 is 1.81 bits per heavy atom. The van der Waals surface area contributed by atoms with Gasteiger partial charge in [-0.25, -0.2) is 9.59 Å². The monoisotopic (exact) mass is 422 g/mol. The van der Waals surface area contributed by atoms with Gasteiger partial charge in [-0.2, -0.15) is 0 Å². The minimum absolute atomic E-state index is 0.165. The van der Waals surface area contributed by atoms with Crippen LogP contribution < -0.4 is 16.4 Å². The van der Waals surface area contributed by atoms with Crippen LogP contribution in [0.5, 0.6) is 0 Å². The summed E-state index contributed by atoms with van der Waals surface area (Å²) in [5.41, 5.74) is 8.73. The number of esters is 1. The molecule has 1 unspecified atom stereocenters. The number of aromatic amines is 1. The molecule has 8 nitrogen and oxygen atoms in total. The molecule has 0 fully saturated rings. The molecule has 1 heterocycles. The van der Waals surface area contributed by atoms with Crippen molar-refractivity contribution in [3.8, 4) is 0 Å². The van der Waals surface area contributed by atoms with Crippen LogP contribution in [0.15, 0.2) is 54.7 Å². The van der Waals surface area contributed by atoms with E-state index in [0.29, 0.717) is 5.69 Å². The van der Waals surface area contributed by atoms with Gasteiger partial charge in [-0.15, -0.1) is 0 Å². The number of para-hydroxylation sites is 1. The van der Waals surface area contributed by atoms with Crippen molar-refractivity contribution >= 4 is 34.5 Å². The van der Waals surface area contributed by atoms with Crippen molar-refractivity contribution in [3.63, 3.8) is 0 Å². The molecule has 1 aromatic heterocycles. The average Bonchev–Trinajstić information content (AvgIpc) is 3.16. The predicted molar refractivity (Wildman–Crippen MR) is 119 cm³/mol. The lowest BCUT2D eigenvalue weighted by Gasteiger charge is -2.19. The number of anilines is 1. The molecule has 2 aromatic carbocycles. The van der Waals surface area contributed by atoms with E-state index in [1.165, 1.54) is 6.92 Å². The molecule has 0 saturated carbocycles. The Bertz CT molecular complexity index is 1070. The first-order valence-corrected chi connectivity index (χ1v) is 10.1. The van der Waals surface area contributed by atoms with Crippen LogP contribution in [0, 0.1) is 0 Å². The van der Waals surface area contributed by atoms with Gasteiger partial charge in [0.15, 0.2) is 6.10 Å². The number of hydrogen-bond donors (Lipinski definition) is 4. The van der Waals surface area contributed by atoms with Gasteiger partial charge in [-0.1, -0.05) is 37.3 Å². The van der Waals surface area contributed by atoms with E-state index in [-0.39, 0.29) is 6.42 Å². The second kappa shape index (κ2) is 9.80. The highest BCUT2D eigenvalue weighted by Crippen LogP contribution is 2.19. The van der Waals surface area contributed by atoms with E-state index in [1.807, 2.05) is 43.3 Å². The molecular formula is C23H26N4O4. The minimum atomic E-state index is -1.06. The summed E-state index contributed by atoms with van der Waals surface area (Å²) in [6, 6.07) is 13.1. The van der Waals surface area contributed by atoms with Crippen molar-refractivity contribution in [3.05, 3.63) is 65.9 Å². The van der Waals surface area contributed by atoms with Crippen LogP contribution >= 0.6 is 0 Å². The molecule has 0 saturated heterocycles. The average molecular weight is 422 g/mol. The van der Waals surface area contributed by atoms with Crippen molar-refractivity contribution in [1.29, 1.82) is 0 Å². The molecule has 3 amide bonds. The predicted octanol–water partition coefficient (Wildman–Crippen LogP) is 2.88. The van der Waals surface area contributed by atoms with Crippen LogP contribution in [0.25, 0.3) is 10.9 Å². The van der Waals surface area contributed by atoms with E-state index in [9.17, 15) is 14.4 Å². The Labute approximate surface area is 180 Å². The van der Waals surface area contributed by atoms with Crippen LogP contribution in [0.2, 0.25) is 0 Å². The summed E-state index contributed by atoms with van der Waals surface area (Å²) in [6.45, 7) is 3.52. The van der Waals surface area contributed by atoms with Crippen molar-refractivity contribution < 1.29 is 19.1 Å². The largest absolute Gasteiger partial charge is 0.451 e. The van der Waals surface area contributed by atoms with Crippen LogP contribution in [0.4, 0.5) is 10.5 Å². The number of aromatic nitrogens is 1. The smallest absolute Gasteiger partial charge is 0.329 e. The van der Waals surface area contributed by atoms with Gasteiger partial charge < -0.3 is 26.1 Å². The Morgan fingerprint density at radius 3 is 2.48 bits per heavy atom. The number of fused-ring (bicyclic) bond motifs is 1. The molecule has 0 spiro atoms. The topological polar surface area (TPSA) is 126 Å². The molecule has 0 bridgehead atoms. The molecule has 3 aromatic rings. The fraction of sp³-hybridized carbons (Fsp3) is 0.261. The second-order valence-corrected chi connectivity index (χ2v) is 7.24. The fourth-order valence-corrected chi connectivity index (χ4v) is 3.26. The van der Waals surface area contributed by atoms with Gasteiger partial charge in [-0.05, 0) is 42.7 Å². The number of benzene rings is 2. The Hall–Kier alpha value is -3.81. The van der Waals surface area contributed by atoms with Crippen LogP contribution in [-0.4, -0.2) is 35.0 Å². The number of primary amides is 1. The van der Waals surface area contributed by atoms with Crippen molar-refractivity contribution in [1.82, 2.24) is 10.3 Å². The van der Waals surface area contributed by atoms with Gasteiger partial charge in [0.25, 0.3) is 5.91 Å². The number of carbonyl (C=O) groups excluding carboxylic acids is 3. The quantitative estimate of drug-likeness (QED) is 0.416. The number of nitrogens with one attached hydrogen (secondary N) is 3. The number of carbonyl (C=O) groups is 3. The zero-order valence-electron chi connectivity index (χ0n) is 17.5. The number of rotatable bonds is 8. The number of urea groups is 1. The Morgan fingerprint density at radius 1 is 1.10 bits per heavy atom. The molecule has 2 atom stereocenters. The van der Waals surface area contributed by atoms with Gasteiger partial charge in [0.2, 0.25) is 0 Å². The molecule has 3 rings (SSSR count). The fourth-order valence-electron chi connectivity index (χ4n) is 3.26. The van der Waals surface area contributed by atoms with Gasteiger partial charge in [-0.3, -0.25) is 4.79 Å². The highest BCUT2D eigenvalue weighted by atomic mass is 16.5. The summed E-state index contributed by atoms with van der Waals surface area (Å²) in [5.74, 6) is -1.21. The number of amides is 3. The highest BCUT2D eigenvalue weighted by Gasteiger charge is 2.27. The minimum Gasteiger partial charge on any atom is -0.451 e. The highest BCUT2D eigenvalue weighted by molar-refractivity contribution is 5.95. The van der Waals surface area contributed by atoms with Gasteiger partial charge >= 0.3 is 12.0 Å². The molecule has 162 valence electrons. The van der Waals surface area contributed by atoms with Crippen molar-refractivity contribution in [2.45, 2.75) is 38.8 Å². The van der Waals surface area contributed by atoms with Gasteiger partial charge in [0.1, 0.15) is 6.04 Å². The third-order valence-corrected chi connectivity index (χ3v) is 4.99. The molecule has 0 aliphatic rings. The molecule has 0 aliphatic heterocycles. The first-order chi connectivity index (χ1) is 14.9. The maximum absolute atomic E-state index is 12.7. The van der Waals surface area contributed by atoms with Gasteiger partial charge in [0, 0.05) is 29.2 Å². The van der Waals surface area contributed by atoms with Crippen LogP contribution in [-0.2, 0) is 27.2 Å². The maximum atomic E-state index is 12.7. The van der Waals surface area contributed by atoms with Crippen LogP contribution in [0.3, 0.4) is 0 Å². The summed E-state index contributed by atoms with van der Waals surface area (Å²) >= 11 is 0. The van der Waals surface area contributed by atoms with E-state index in [2.05, 4.69) is 15.6 Å². The maximum Gasteiger partial charge on any atom is 0.329 e. The van der Waals surface area contributed by atoms with Crippen molar-refractivity contribution in [2.75, 3.05) is 5.32 Å². The third-order valence-electron chi connectivity index (χ3n) is 4.99. The van der Waals surface area contributed by atoms with E-state index >= 15 is 0 Å². The lowest BCUT2D eigenvalue weighted by Crippen LogP contribution is -2.47. The summed E-state index contributed by atoms with van der Waals surface area (Å²) in [4.78, 5) is 39.7. The summed E-state index contributed by atoms with van der Waals surface area (Å²) in [7, 11) is 0. The molecule has 5 N–H and O–H groups in total. The zero-order chi connectivity index (χ0) is 22.4. The SMILES string of the molecule is CCc1ccc(NC(=O)C(C)OC(=O)[C@H](Cc2c[nH]c3ccccc23)NC(N)=O)cc1. The Kier molecular flexibility index (Phi) is 6.92. The number of ether oxygens (including phenoxy) is 1. The molecule has 0 aliphatic carbocycles. The van der Waals surface area contributed by atoms with Crippen LogP contribution in [0.1, 0.15) is 25.0 Å². The molecule has 8 heteroatoms. The van der Waals surface area contributed by atoms with E-state index in [4.69, 9.17) is 10.5 Å². The lowest BCUT2D eigenvalue weighted by molar-refractivity contribution is -0.155. The third kappa shape index (κ3) is 5.63. The van der Waals surface area contributed by atoms with Gasteiger partial charge in [0.05, 0.1) is 0 Å². The first kappa shape index (κ1) is 21.9. The molecule has 31 heavy (non-hydrogen) atoms. The summed E-state index contributed by atoms with van der Waals surface area (Å²) < 4.78 is 5.32. The molecule has 0 radical (unpaired) electrons. The summed E-state index contributed by atoms with van der Waals surface area (Å²) in [5, 5.41) is 6.05. The van der Waals surface area contributed by atoms with Crippen molar-refractivity contribution in [2.24, 2.45) is 5.73 Å². The first-order valence-electron chi connectivity index (χ1n) is 10.1. The van der Waals surface area contributed by atoms with E-state index in [0.717, 1.165) is 28.5 Å². The zero-order valence-corrected chi connectivity index (χ0v) is 17.5. The Balaban J connectivity index is 1.66. The number of hydrogen-bond acceptors (Lipinski definition) is 4. The van der Waals surface area contributed by atoms with E-state index in [1.54, 1.807) is 18.3 Å². The lowest BCUT2D eigenvalue weighted by atomic mass is 10.1. The number of aryl methyl sites for hydroxylation is 1. The van der Waals surface area contributed by atoms with E-state index < -0.39 is 30.1 Å². The molecular weight excluding hydrogens is 396 g/mol. The second-order valence-electron chi connectivity index (χ2n) is 7.24. The standard InChI is InChI=1S/C23H26N4O4/c1-3-15-8-10-17(11-9-15)26-21(28)14(2)31-22(29)20(27-23(24)30)12-16-13-25-19-7-5-4-6-18(16)19/h4-11,13-14,20,25H,3,12H2,1-2H3,(H,26,28)(H3,24,27,30)/t14?,20-/m0/s1. The normalized spacial score (nSPS) is 12.7. The number of H-pyrrole nitrogens is 1.